The number of benzene rings is 1. The molecule has 96 valence electrons. The van der Waals surface area contributed by atoms with Crippen molar-refractivity contribution < 1.29 is 4.79 Å². The predicted octanol–water partition coefficient (Wildman–Crippen LogP) is 2.17. The van der Waals surface area contributed by atoms with Crippen LogP contribution in [0, 0.1) is 5.92 Å². The van der Waals surface area contributed by atoms with Crippen molar-refractivity contribution in [3.8, 4) is 0 Å². The van der Waals surface area contributed by atoms with Gasteiger partial charge in [0.25, 0.3) is 0 Å². The molecule has 0 unspecified atom stereocenters. The first-order chi connectivity index (χ1) is 8.74. The van der Waals surface area contributed by atoms with E-state index in [1.165, 1.54) is 0 Å². The summed E-state index contributed by atoms with van der Waals surface area (Å²) in [6.07, 6.45) is 1.10. The Morgan fingerprint density at radius 2 is 2.11 bits per heavy atom. The van der Waals surface area contributed by atoms with Crippen molar-refractivity contribution >= 4 is 23.3 Å². The Morgan fingerprint density at radius 1 is 1.33 bits per heavy atom. The van der Waals surface area contributed by atoms with Crippen LogP contribution in [0.15, 0.2) is 24.3 Å². The lowest BCUT2D eigenvalue weighted by Gasteiger charge is -2.23. The molecule has 1 aromatic carbocycles. The summed E-state index contributed by atoms with van der Waals surface area (Å²) in [6.45, 7) is 2.81. The molecule has 0 bridgehead atoms. The Balaban J connectivity index is 1.66. The van der Waals surface area contributed by atoms with Crippen molar-refractivity contribution in [2.75, 3.05) is 25.0 Å². The first-order valence-corrected chi connectivity index (χ1v) is 6.66. The average molecular weight is 266 g/mol. The third-order valence-electron chi connectivity index (χ3n) is 3.80. The van der Waals surface area contributed by atoms with E-state index in [-0.39, 0.29) is 6.03 Å². The maximum atomic E-state index is 12.2. The van der Waals surface area contributed by atoms with Gasteiger partial charge in [-0.25, -0.2) is 4.79 Å². The molecule has 2 aliphatic heterocycles. The van der Waals surface area contributed by atoms with Crippen LogP contribution in [0.4, 0.5) is 10.5 Å². The number of hydrogen-bond acceptors (Lipinski definition) is 2. The van der Waals surface area contributed by atoms with Crippen molar-refractivity contribution in [1.29, 1.82) is 0 Å². The summed E-state index contributed by atoms with van der Waals surface area (Å²) in [5.41, 5.74) is 0.791. The molecule has 2 fully saturated rings. The molecule has 1 aromatic rings. The number of amides is 2. The first kappa shape index (κ1) is 11.8. The minimum atomic E-state index is -0.00600. The predicted molar refractivity (Wildman–Crippen MR) is 71.9 cm³/mol. The lowest BCUT2D eigenvalue weighted by molar-refractivity contribution is 0.206. The van der Waals surface area contributed by atoms with E-state index < -0.39 is 0 Å². The van der Waals surface area contributed by atoms with Crippen molar-refractivity contribution in [3.05, 3.63) is 29.3 Å². The highest BCUT2D eigenvalue weighted by molar-refractivity contribution is 6.30. The summed E-state index contributed by atoms with van der Waals surface area (Å²) >= 11 is 5.82. The van der Waals surface area contributed by atoms with Gasteiger partial charge in [-0.3, -0.25) is 0 Å². The summed E-state index contributed by atoms with van der Waals surface area (Å²) in [5.74, 6) is 0.626. The van der Waals surface area contributed by atoms with Crippen LogP contribution >= 0.6 is 11.6 Å². The van der Waals surface area contributed by atoms with Crippen molar-refractivity contribution in [2.45, 2.75) is 12.5 Å². The number of carbonyl (C=O) groups excluding carboxylic acids is 1. The summed E-state index contributed by atoms with van der Waals surface area (Å²) in [4.78, 5) is 14.1. The third kappa shape index (κ3) is 2.18. The van der Waals surface area contributed by atoms with Crippen LogP contribution in [0.1, 0.15) is 6.42 Å². The molecule has 0 aromatic heterocycles. The molecule has 0 radical (unpaired) electrons. The second kappa shape index (κ2) is 4.78. The molecule has 2 amide bonds. The summed E-state index contributed by atoms with van der Waals surface area (Å²) in [6, 6.07) is 7.55. The van der Waals surface area contributed by atoms with Gasteiger partial charge in [0.2, 0.25) is 0 Å². The number of urea groups is 1. The zero-order valence-corrected chi connectivity index (χ0v) is 10.8. The minimum absolute atomic E-state index is 0.00600. The van der Waals surface area contributed by atoms with Crippen LogP contribution < -0.4 is 10.6 Å². The topological polar surface area (TPSA) is 44.4 Å². The van der Waals surface area contributed by atoms with Crippen LogP contribution in [0.2, 0.25) is 5.02 Å². The number of carbonyl (C=O) groups is 1. The fraction of sp³-hybridized carbons (Fsp3) is 0.462. The van der Waals surface area contributed by atoms with Crippen LogP contribution in [0.5, 0.6) is 0 Å². The van der Waals surface area contributed by atoms with E-state index in [9.17, 15) is 4.79 Å². The summed E-state index contributed by atoms with van der Waals surface area (Å²) < 4.78 is 0. The first-order valence-electron chi connectivity index (χ1n) is 6.28. The SMILES string of the molecule is O=C(Nc1ccc(Cl)cc1)N1CC[C@@H]2CNC[C@@H]21. The van der Waals surface area contributed by atoms with Crippen molar-refractivity contribution in [1.82, 2.24) is 10.2 Å². The van der Waals surface area contributed by atoms with Crippen molar-refractivity contribution in [3.63, 3.8) is 0 Å². The van der Waals surface area contributed by atoms with Crippen LogP contribution in [0.25, 0.3) is 0 Å². The molecule has 2 aliphatic rings. The molecule has 0 spiro atoms. The maximum Gasteiger partial charge on any atom is 0.322 e. The van der Waals surface area contributed by atoms with E-state index in [4.69, 9.17) is 11.6 Å². The average Bonchev–Trinajstić information content (AvgIpc) is 2.93. The van der Waals surface area contributed by atoms with E-state index in [2.05, 4.69) is 10.6 Å². The molecule has 2 N–H and O–H groups in total. The van der Waals surface area contributed by atoms with E-state index in [1.54, 1.807) is 12.1 Å². The van der Waals surface area contributed by atoms with Gasteiger partial charge in [0, 0.05) is 36.4 Å². The van der Waals surface area contributed by atoms with Gasteiger partial charge in [-0.05, 0) is 36.6 Å². The highest BCUT2D eigenvalue weighted by Crippen LogP contribution is 2.27. The second-order valence-electron chi connectivity index (χ2n) is 4.90. The van der Waals surface area contributed by atoms with E-state index in [1.807, 2.05) is 17.0 Å². The Labute approximate surface area is 111 Å². The Bertz CT molecular complexity index is 448. The molecule has 0 saturated carbocycles. The Morgan fingerprint density at radius 3 is 2.89 bits per heavy atom. The molecular formula is C13H16ClN3O. The third-order valence-corrected chi connectivity index (χ3v) is 4.05. The zero-order valence-electron chi connectivity index (χ0n) is 10.0. The fourth-order valence-corrected chi connectivity index (χ4v) is 2.96. The number of nitrogens with one attached hydrogen (secondary N) is 2. The molecule has 5 heteroatoms. The van der Waals surface area contributed by atoms with Gasteiger partial charge in [0.15, 0.2) is 0 Å². The van der Waals surface area contributed by atoms with Gasteiger partial charge in [0.1, 0.15) is 0 Å². The fourth-order valence-electron chi connectivity index (χ4n) is 2.83. The minimum Gasteiger partial charge on any atom is -0.320 e. The molecule has 2 heterocycles. The molecule has 2 saturated heterocycles. The second-order valence-corrected chi connectivity index (χ2v) is 5.34. The van der Waals surface area contributed by atoms with E-state index >= 15 is 0 Å². The molecule has 18 heavy (non-hydrogen) atoms. The number of fused-ring (bicyclic) bond motifs is 1. The maximum absolute atomic E-state index is 12.2. The normalized spacial score (nSPS) is 26.2. The zero-order chi connectivity index (χ0) is 12.5. The summed E-state index contributed by atoms with van der Waals surface area (Å²) in [7, 11) is 0. The Hall–Kier alpha value is -1.26. The van der Waals surface area contributed by atoms with Gasteiger partial charge >= 0.3 is 6.03 Å². The van der Waals surface area contributed by atoms with E-state index in [0.29, 0.717) is 17.0 Å². The molecule has 2 atom stereocenters. The quantitative estimate of drug-likeness (QED) is 0.817. The largest absolute Gasteiger partial charge is 0.322 e. The van der Waals surface area contributed by atoms with Crippen LogP contribution in [0.3, 0.4) is 0 Å². The number of hydrogen-bond donors (Lipinski definition) is 2. The number of rotatable bonds is 1. The van der Waals surface area contributed by atoms with E-state index in [0.717, 1.165) is 31.7 Å². The highest BCUT2D eigenvalue weighted by Gasteiger charge is 2.39. The van der Waals surface area contributed by atoms with Gasteiger partial charge in [-0.1, -0.05) is 11.6 Å². The highest BCUT2D eigenvalue weighted by atomic mass is 35.5. The van der Waals surface area contributed by atoms with Crippen LogP contribution in [-0.4, -0.2) is 36.6 Å². The number of halogens is 1. The number of anilines is 1. The smallest absolute Gasteiger partial charge is 0.320 e. The van der Waals surface area contributed by atoms with Crippen LogP contribution in [-0.2, 0) is 0 Å². The van der Waals surface area contributed by atoms with Crippen molar-refractivity contribution in [2.24, 2.45) is 5.92 Å². The molecule has 3 rings (SSSR count). The molecular weight excluding hydrogens is 250 g/mol. The molecule has 4 nitrogen and oxygen atoms in total. The standard InChI is InChI=1S/C13H16ClN3O/c14-10-1-3-11(4-2-10)16-13(18)17-6-5-9-7-15-8-12(9)17/h1-4,9,12,15H,5-8H2,(H,16,18)/t9-,12+/m1/s1. The summed E-state index contributed by atoms with van der Waals surface area (Å²) in [5, 5.41) is 6.94. The van der Waals surface area contributed by atoms with Gasteiger partial charge in [0.05, 0.1) is 0 Å². The number of nitrogens with zero attached hydrogens (tertiary/aromatic N) is 1. The van der Waals surface area contributed by atoms with Gasteiger partial charge in [-0.15, -0.1) is 0 Å². The number of likely N-dealkylation sites (tertiary alicyclic amines) is 1. The molecule has 0 aliphatic carbocycles. The van der Waals surface area contributed by atoms with Gasteiger partial charge < -0.3 is 15.5 Å². The monoisotopic (exact) mass is 265 g/mol. The Kier molecular flexibility index (Phi) is 3.14. The lowest BCUT2D eigenvalue weighted by atomic mass is 10.1. The van der Waals surface area contributed by atoms with Gasteiger partial charge in [-0.2, -0.15) is 0 Å². The lowest BCUT2D eigenvalue weighted by Crippen LogP contribution is -2.41.